The third-order valence-electron chi connectivity index (χ3n) is 1.74. The summed E-state index contributed by atoms with van der Waals surface area (Å²) in [7, 11) is 0. The van der Waals surface area contributed by atoms with Crippen molar-refractivity contribution < 1.29 is 34.1 Å². The zero-order valence-electron chi connectivity index (χ0n) is 9.39. The van der Waals surface area contributed by atoms with Gasteiger partial charge in [-0.15, -0.1) is 0 Å². The molecule has 0 aromatic carbocycles. The second-order valence-electron chi connectivity index (χ2n) is 3.27. The van der Waals surface area contributed by atoms with E-state index in [1.807, 2.05) is 0 Å². The molecule has 0 heterocycles. The normalized spacial score (nSPS) is 9.88. The van der Waals surface area contributed by atoms with Crippen LogP contribution in [0.15, 0.2) is 0 Å². The van der Waals surface area contributed by atoms with Gasteiger partial charge in [0, 0.05) is 12.8 Å². The Morgan fingerprint density at radius 1 is 0.882 bits per heavy atom. The molecular formula is C10H16O7. The van der Waals surface area contributed by atoms with Gasteiger partial charge in [0.05, 0.1) is 6.61 Å². The molecule has 2 N–H and O–H groups in total. The molecule has 0 spiro atoms. The molecule has 0 unspecified atom stereocenters. The third kappa shape index (κ3) is 12.3. The van der Waals surface area contributed by atoms with Gasteiger partial charge in [0.15, 0.2) is 0 Å². The highest BCUT2D eigenvalue weighted by molar-refractivity contribution is 5.69. The van der Waals surface area contributed by atoms with Gasteiger partial charge in [-0.25, -0.2) is 4.79 Å². The van der Waals surface area contributed by atoms with Crippen molar-refractivity contribution in [1.82, 2.24) is 0 Å². The monoisotopic (exact) mass is 248 g/mol. The Bertz CT molecular complexity index is 261. The van der Waals surface area contributed by atoms with Crippen LogP contribution < -0.4 is 0 Å². The standard InChI is InChI=1S/C10H16O7/c11-8(12)3-1-2-4-10(15)17-6-5-16-7-9(13)14/h1-7H2,(H,11,12)(H,13,14). The highest BCUT2D eigenvalue weighted by atomic mass is 16.6. The average molecular weight is 248 g/mol. The summed E-state index contributed by atoms with van der Waals surface area (Å²) in [5.74, 6) is -2.40. The minimum absolute atomic E-state index is 0.00500. The molecule has 0 fully saturated rings. The summed E-state index contributed by atoms with van der Waals surface area (Å²) in [4.78, 5) is 31.3. The maximum atomic E-state index is 11.0. The van der Waals surface area contributed by atoms with Crippen LogP contribution in [0.4, 0.5) is 0 Å². The van der Waals surface area contributed by atoms with Crippen LogP contribution in [-0.4, -0.2) is 47.9 Å². The van der Waals surface area contributed by atoms with E-state index in [0.717, 1.165) is 0 Å². The first-order valence-electron chi connectivity index (χ1n) is 5.19. The van der Waals surface area contributed by atoms with Crippen molar-refractivity contribution in [3.63, 3.8) is 0 Å². The van der Waals surface area contributed by atoms with Crippen molar-refractivity contribution in [1.29, 1.82) is 0 Å². The fraction of sp³-hybridized carbons (Fsp3) is 0.700. The summed E-state index contributed by atoms with van der Waals surface area (Å²) in [6.07, 6.45) is 1.09. The number of rotatable bonds is 10. The molecule has 0 saturated carbocycles. The molecule has 0 bridgehead atoms. The highest BCUT2D eigenvalue weighted by Crippen LogP contribution is 2.01. The lowest BCUT2D eigenvalue weighted by molar-refractivity contribution is -0.147. The topological polar surface area (TPSA) is 110 Å². The SMILES string of the molecule is O=C(O)CCCCC(=O)OCCOCC(=O)O. The maximum absolute atomic E-state index is 11.0. The Labute approximate surface area is 98.3 Å². The molecule has 0 rings (SSSR count). The Hall–Kier alpha value is -1.63. The van der Waals surface area contributed by atoms with Gasteiger partial charge in [-0.05, 0) is 12.8 Å². The summed E-state index contributed by atoms with van der Waals surface area (Å²) in [5.41, 5.74) is 0. The first kappa shape index (κ1) is 15.4. The van der Waals surface area contributed by atoms with E-state index in [1.54, 1.807) is 0 Å². The van der Waals surface area contributed by atoms with Crippen LogP contribution in [0.2, 0.25) is 0 Å². The molecule has 0 radical (unpaired) electrons. The van der Waals surface area contributed by atoms with Crippen LogP contribution in [0, 0.1) is 0 Å². The first-order valence-corrected chi connectivity index (χ1v) is 5.19. The number of ether oxygens (including phenoxy) is 2. The van der Waals surface area contributed by atoms with E-state index in [1.165, 1.54) is 0 Å². The molecule has 0 atom stereocenters. The average Bonchev–Trinajstić information content (AvgIpc) is 2.23. The van der Waals surface area contributed by atoms with Crippen LogP contribution in [0.5, 0.6) is 0 Å². The van der Waals surface area contributed by atoms with Crippen LogP contribution in [-0.2, 0) is 23.9 Å². The second-order valence-corrected chi connectivity index (χ2v) is 3.27. The van der Waals surface area contributed by atoms with Gasteiger partial charge in [-0.2, -0.15) is 0 Å². The van der Waals surface area contributed by atoms with Crippen molar-refractivity contribution in [2.45, 2.75) is 25.7 Å². The van der Waals surface area contributed by atoms with Crippen molar-refractivity contribution in [3.8, 4) is 0 Å². The molecule has 0 amide bonds. The van der Waals surface area contributed by atoms with Crippen molar-refractivity contribution >= 4 is 17.9 Å². The third-order valence-corrected chi connectivity index (χ3v) is 1.74. The lowest BCUT2D eigenvalue weighted by atomic mass is 10.2. The lowest BCUT2D eigenvalue weighted by Gasteiger charge is -2.04. The number of unbranched alkanes of at least 4 members (excludes halogenated alkanes) is 1. The highest BCUT2D eigenvalue weighted by Gasteiger charge is 2.04. The number of carboxylic acid groups (broad SMARTS) is 2. The number of esters is 1. The van der Waals surface area contributed by atoms with Crippen LogP contribution in [0.25, 0.3) is 0 Å². The lowest BCUT2D eigenvalue weighted by Crippen LogP contribution is -2.14. The summed E-state index contributed by atoms with van der Waals surface area (Å²) in [6, 6.07) is 0. The summed E-state index contributed by atoms with van der Waals surface area (Å²) in [5, 5.41) is 16.6. The van der Waals surface area contributed by atoms with E-state index < -0.39 is 24.5 Å². The van der Waals surface area contributed by atoms with Gasteiger partial charge in [0.25, 0.3) is 0 Å². The molecule has 0 aliphatic heterocycles. The van der Waals surface area contributed by atoms with Gasteiger partial charge in [0.2, 0.25) is 0 Å². The van der Waals surface area contributed by atoms with Gasteiger partial charge in [-0.1, -0.05) is 0 Å². The van der Waals surface area contributed by atoms with Gasteiger partial charge < -0.3 is 19.7 Å². The summed E-state index contributed by atoms with van der Waals surface area (Å²) < 4.78 is 9.37. The molecule has 17 heavy (non-hydrogen) atoms. The van der Waals surface area contributed by atoms with Crippen LogP contribution in [0.1, 0.15) is 25.7 Å². The van der Waals surface area contributed by atoms with Gasteiger partial charge in [0.1, 0.15) is 13.2 Å². The molecule has 7 nitrogen and oxygen atoms in total. The van der Waals surface area contributed by atoms with Crippen molar-refractivity contribution in [3.05, 3.63) is 0 Å². The number of carboxylic acids is 2. The molecule has 98 valence electrons. The Balaban J connectivity index is 3.29. The summed E-state index contributed by atoms with van der Waals surface area (Å²) in [6.45, 7) is -0.381. The van der Waals surface area contributed by atoms with E-state index in [0.29, 0.717) is 12.8 Å². The zero-order valence-corrected chi connectivity index (χ0v) is 9.39. The van der Waals surface area contributed by atoms with Gasteiger partial charge >= 0.3 is 17.9 Å². The van der Waals surface area contributed by atoms with Crippen LogP contribution >= 0.6 is 0 Å². The molecule has 0 aromatic heterocycles. The summed E-state index contributed by atoms with van der Waals surface area (Å²) >= 11 is 0. The molecule has 0 aliphatic rings. The largest absolute Gasteiger partial charge is 0.481 e. The number of hydrogen-bond donors (Lipinski definition) is 2. The molecular weight excluding hydrogens is 232 g/mol. The predicted molar refractivity (Wildman–Crippen MR) is 55.5 cm³/mol. The predicted octanol–water partition coefficient (Wildman–Crippen LogP) is 0.276. The van der Waals surface area contributed by atoms with Gasteiger partial charge in [-0.3, -0.25) is 9.59 Å². The first-order chi connectivity index (χ1) is 8.02. The fourth-order valence-corrected chi connectivity index (χ4v) is 0.992. The van der Waals surface area contributed by atoms with Crippen LogP contribution in [0.3, 0.4) is 0 Å². The molecule has 0 aromatic rings. The number of carbonyl (C=O) groups is 3. The quantitative estimate of drug-likeness (QED) is 0.422. The Morgan fingerprint density at radius 2 is 1.53 bits per heavy atom. The fourth-order valence-electron chi connectivity index (χ4n) is 0.992. The number of hydrogen-bond acceptors (Lipinski definition) is 5. The minimum atomic E-state index is -1.08. The maximum Gasteiger partial charge on any atom is 0.329 e. The zero-order chi connectivity index (χ0) is 13.1. The molecule has 7 heteroatoms. The van der Waals surface area contributed by atoms with E-state index in [2.05, 4.69) is 4.74 Å². The molecule has 0 saturated heterocycles. The minimum Gasteiger partial charge on any atom is -0.481 e. The van der Waals surface area contributed by atoms with E-state index >= 15 is 0 Å². The molecule has 0 aliphatic carbocycles. The van der Waals surface area contributed by atoms with Crippen molar-refractivity contribution in [2.75, 3.05) is 19.8 Å². The van der Waals surface area contributed by atoms with Crippen molar-refractivity contribution in [2.24, 2.45) is 0 Å². The number of carbonyl (C=O) groups excluding carboxylic acids is 1. The van der Waals surface area contributed by atoms with E-state index in [-0.39, 0.29) is 26.1 Å². The Kier molecular flexibility index (Phi) is 8.67. The smallest absolute Gasteiger partial charge is 0.329 e. The Morgan fingerprint density at radius 3 is 2.12 bits per heavy atom. The van der Waals surface area contributed by atoms with E-state index in [9.17, 15) is 14.4 Å². The van der Waals surface area contributed by atoms with E-state index in [4.69, 9.17) is 14.9 Å². The second kappa shape index (κ2) is 9.59. The number of aliphatic carboxylic acids is 2.